The molecule has 6 heteroatoms. The molecule has 2 heterocycles. The minimum atomic E-state index is -4.42. The molecule has 0 saturated heterocycles. The molecule has 0 fully saturated rings. The zero-order valence-electron chi connectivity index (χ0n) is 8.67. The van der Waals surface area contributed by atoms with Crippen molar-refractivity contribution in [1.29, 1.82) is 0 Å². The van der Waals surface area contributed by atoms with E-state index in [1.807, 2.05) is 6.92 Å². The third kappa shape index (κ3) is 1.97. The maximum atomic E-state index is 12.4. The molecule has 1 aromatic rings. The van der Waals surface area contributed by atoms with Crippen molar-refractivity contribution in [3.8, 4) is 0 Å². The van der Waals surface area contributed by atoms with E-state index in [2.05, 4.69) is 10.3 Å². The van der Waals surface area contributed by atoms with E-state index in [1.54, 1.807) is 0 Å². The summed E-state index contributed by atoms with van der Waals surface area (Å²) in [5, 5.41) is 3.06. The van der Waals surface area contributed by atoms with Crippen molar-refractivity contribution in [1.82, 2.24) is 4.98 Å². The predicted molar refractivity (Wildman–Crippen MR) is 53.9 cm³/mol. The lowest BCUT2D eigenvalue weighted by Crippen LogP contribution is -2.31. The van der Waals surface area contributed by atoms with Gasteiger partial charge in [-0.3, -0.25) is 0 Å². The van der Waals surface area contributed by atoms with Gasteiger partial charge in [0, 0.05) is 6.04 Å². The van der Waals surface area contributed by atoms with Crippen LogP contribution in [-0.4, -0.2) is 11.0 Å². The first-order valence-corrected chi connectivity index (χ1v) is 4.98. The Morgan fingerprint density at radius 1 is 1.44 bits per heavy atom. The standard InChI is InChI=1S/C10H12F3N3/c1-5-4-6(14)9-7(15-5)2-3-8(16-9)10(11,12)13/h2-3,5-6,15H,4,14H2,1H3/t5-,6+/m0/s1. The molecular formula is C10H12F3N3. The first-order chi connectivity index (χ1) is 7.38. The number of hydrogen-bond donors (Lipinski definition) is 2. The number of anilines is 1. The van der Waals surface area contributed by atoms with Crippen LogP contribution < -0.4 is 11.1 Å². The van der Waals surface area contributed by atoms with Crippen molar-refractivity contribution in [3.63, 3.8) is 0 Å². The molecule has 3 nitrogen and oxygen atoms in total. The highest BCUT2D eigenvalue weighted by Gasteiger charge is 2.34. The Hall–Kier alpha value is -1.30. The van der Waals surface area contributed by atoms with Crippen molar-refractivity contribution in [3.05, 3.63) is 23.5 Å². The van der Waals surface area contributed by atoms with Gasteiger partial charge in [0.2, 0.25) is 0 Å². The van der Waals surface area contributed by atoms with Gasteiger partial charge in [-0.2, -0.15) is 13.2 Å². The van der Waals surface area contributed by atoms with Crippen LogP contribution in [0.3, 0.4) is 0 Å². The summed E-state index contributed by atoms with van der Waals surface area (Å²) in [4.78, 5) is 3.59. The maximum Gasteiger partial charge on any atom is 0.433 e. The first-order valence-electron chi connectivity index (χ1n) is 4.98. The second kappa shape index (κ2) is 3.62. The summed E-state index contributed by atoms with van der Waals surface area (Å²) in [6.07, 6.45) is -3.83. The number of nitrogens with two attached hydrogens (primary N) is 1. The molecule has 0 aromatic carbocycles. The summed E-state index contributed by atoms with van der Waals surface area (Å²) < 4.78 is 37.3. The number of alkyl halides is 3. The Bertz CT molecular complexity index is 403. The number of pyridine rings is 1. The van der Waals surface area contributed by atoms with E-state index in [-0.39, 0.29) is 6.04 Å². The van der Waals surface area contributed by atoms with Crippen molar-refractivity contribution in [2.75, 3.05) is 5.32 Å². The van der Waals surface area contributed by atoms with Crippen molar-refractivity contribution in [2.24, 2.45) is 5.73 Å². The van der Waals surface area contributed by atoms with Gasteiger partial charge in [0.25, 0.3) is 0 Å². The zero-order valence-corrected chi connectivity index (χ0v) is 8.67. The van der Waals surface area contributed by atoms with Crippen LogP contribution in [0.25, 0.3) is 0 Å². The molecule has 0 bridgehead atoms. The third-order valence-corrected chi connectivity index (χ3v) is 2.58. The van der Waals surface area contributed by atoms with Gasteiger partial charge in [-0.15, -0.1) is 0 Å². The molecule has 0 spiro atoms. The minimum Gasteiger partial charge on any atom is -0.381 e. The SMILES string of the molecule is C[C@H]1C[C@@H](N)c2nc(C(F)(F)F)ccc2N1. The molecule has 88 valence electrons. The monoisotopic (exact) mass is 231 g/mol. The molecule has 1 aliphatic rings. The van der Waals surface area contributed by atoms with Gasteiger partial charge in [0.1, 0.15) is 5.69 Å². The van der Waals surface area contributed by atoms with Gasteiger partial charge < -0.3 is 11.1 Å². The van der Waals surface area contributed by atoms with Gasteiger partial charge in [0.15, 0.2) is 0 Å². The van der Waals surface area contributed by atoms with Crippen LogP contribution in [0.15, 0.2) is 12.1 Å². The number of fused-ring (bicyclic) bond motifs is 1. The Kier molecular flexibility index (Phi) is 2.53. The fourth-order valence-electron chi connectivity index (χ4n) is 1.85. The lowest BCUT2D eigenvalue weighted by atomic mass is 9.99. The summed E-state index contributed by atoms with van der Waals surface area (Å²) in [5.74, 6) is 0. The number of hydrogen-bond acceptors (Lipinski definition) is 3. The second-order valence-corrected chi connectivity index (χ2v) is 4.01. The van der Waals surface area contributed by atoms with Crippen molar-refractivity contribution >= 4 is 5.69 Å². The fourth-order valence-corrected chi connectivity index (χ4v) is 1.85. The fraction of sp³-hybridized carbons (Fsp3) is 0.500. The molecule has 0 aliphatic carbocycles. The van der Waals surface area contributed by atoms with E-state index in [1.165, 1.54) is 6.07 Å². The topological polar surface area (TPSA) is 50.9 Å². The first kappa shape index (κ1) is 11.2. The minimum absolute atomic E-state index is 0.154. The highest BCUT2D eigenvalue weighted by Crippen LogP contribution is 2.34. The Morgan fingerprint density at radius 3 is 2.75 bits per heavy atom. The number of nitrogens with zero attached hydrogens (tertiary/aromatic N) is 1. The average molecular weight is 231 g/mol. The largest absolute Gasteiger partial charge is 0.433 e. The molecule has 16 heavy (non-hydrogen) atoms. The van der Waals surface area contributed by atoms with Crippen molar-refractivity contribution < 1.29 is 13.2 Å². The van der Waals surface area contributed by atoms with Crippen molar-refractivity contribution in [2.45, 2.75) is 31.6 Å². The molecule has 1 aromatic heterocycles. The van der Waals surface area contributed by atoms with Gasteiger partial charge >= 0.3 is 6.18 Å². The second-order valence-electron chi connectivity index (χ2n) is 4.01. The highest BCUT2D eigenvalue weighted by atomic mass is 19.4. The number of nitrogens with one attached hydrogen (secondary N) is 1. The van der Waals surface area contributed by atoms with E-state index < -0.39 is 17.9 Å². The quantitative estimate of drug-likeness (QED) is 0.720. The van der Waals surface area contributed by atoms with Crippen LogP contribution in [0.5, 0.6) is 0 Å². The Balaban J connectivity index is 2.42. The molecule has 0 amide bonds. The molecular weight excluding hydrogens is 219 g/mol. The number of aromatic nitrogens is 1. The maximum absolute atomic E-state index is 12.4. The Labute approximate surface area is 90.9 Å². The van der Waals surface area contributed by atoms with E-state index in [4.69, 9.17) is 5.73 Å². The lowest BCUT2D eigenvalue weighted by molar-refractivity contribution is -0.141. The lowest BCUT2D eigenvalue weighted by Gasteiger charge is -2.28. The van der Waals surface area contributed by atoms with Gasteiger partial charge in [-0.1, -0.05) is 0 Å². The van der Waals surface area contributed by atoms with Crippen LogP contribution in [0.2, 0.25) is 0 Å². The number of rotatable bonds is 0. The van der Waals surface area contributed by atoms with Crippen LogP contribution in [-0.2, 0) is 6.18 Å². The summed E-state index contributed by atoms with van der Waals surface area (Å²) in [5.41, 5.74) is 5.78. The zero-order chi connectivity index (χ0) is 11.9. The van der Waals surface area contributed by atoms with E-state index in [0.29, 0.717) is 17.8 Å². The molecule has 0 saturated carbocycles. The number of halogens is 3. The van der Waals surface area contributed by atoms with Crippen LogP contribution in [0.4, 0.5) is 18.9 Å². The van der Waals surface area contributed by atoms with Gasteiger partial charge in [-0.05, 0) is 25.5 Å². The molecule has 3 N–H and O–H groups in total. The molecule has 0 unspecified atom stereocenters. The summed E-state index contributed by atoms with van der Waals surface area (Å²) in [6.45, 7) is 1.93. The molecule has 2 atom stereocenters. The van der Waals surface area contributed by atoms with E-state index in [9.17, 15) is 13.2 Å². The van der Waals surface area contributed by atoms with Crippen LogP contribution in [0, 0.1) is 0 Å². The third-order valence-electron chi connectivity index (χ3n) is 2.58. The summed E-state index contributed by atoms with van der Waals surface area (Å²) >= 11 is 0. The van der Waals surface area contributed by atoms with E-state index in [0.717, 1.165) is 6.07 Å². The molecule has 1 aliphatic heterocycles. The predicted octanol–water partition coefficient (Wildman–Crippen LogP) is 2.30. The molecule has 2 rings (SSSR count). The summed E-state index contributed by atoms with van der Waals surface area (Å²) in [6, 6.07) is 2.08. The smallest absolute Gasteiger partial charge is 0.381 e. The van der Waals surface area contributed by atoms with Gasteiger partial charge in [0.05, 0.1) is 17.4 Å². The Morgan fingerprint density at radius 2 is 2.12 bits per heavy atom. The summed E-state index contributed by atoms with van der Waals surface area (Å²) in [7, 11) is 0. The van der Waals surface area contributed by atoms with Gasteiger partial charge in [-0.25, -0.2) is 4.98 Å². The van der Waals surface area contributed by atoms with E-state index >= 15 is 0 Å². The normalized spacial score (nSPS) is 24.8. The highest BCUT2D eigenvalue weighted by molar-refractivity contribution is 5.52. The van der Waals surface area contributed by atoms with Crippen LogP contribution in [0.1, 0.15) is 30.8 Å². The molecule has 0 radical (unpaired) electrons. The van der Waals surface area contributed by atoms with Crippen LogP contribution >= 0.6 is 0 Å². The average Bonchev–Trinajstić information content (AvgIpc) is 2.15.